The Balaban J connectivity index is 1.51. The Hall–Kier alpha value is -2.76. The number of aromatic nitrogens is 4. The lowest BCUT2D eigenvalue weighted by Crippen LogP contribution is -2.25. The number of fused-ring (bicyclic) bond motifs is 1. The highest BCUT2D eigenvalue weighted by Gasteiger charge is 2.14. The van der Waals surface area contributed by atoms with Gasteiger partial charge in [-0.05, 0) is 44.7 Å². The van der Waals surface area contributed by atoms with Crippen LogP contribution in [0.25, 0.3) is 5.78 Å². The van der Waals surface area contributed by atoms with Gasteiger partial charge in [-0.2, -0.15) is 4.98 Å². The van der Waals surface area contributed by atoms with Crippen LogP contribution in [0.2, 0.25) is 0 Å². The van der Waals surface area contributed by atoms with E-state index in [1.807, 2.05) is 38.1 Å². The zero-order valence-corrected chi connectivity index (χ0v) is 14.0. The molecule has 2 heterocycles. The number of unbranched alkanes of at least 4 members (excludes halogenated alkanes) is 1. The minimum atomic E-state index is -0.253. The van der Waals surface area contributed by atoms with Crippen LogP contribution in [0.4, 0.5) is 0 Å². The number of nitrogens with zero attached hydrogens (tertiary/aromatic N) is 4. The van der Waals surface area contributed by atoms with Crippen LogP contribution in [0.1, 0.15) is 40.4 Å². The van der Waals surface area contributed by atoms with Crippen molar-refractivity contribution >= 4 is 11.7 Å². The summed E-state index contributed by atoms with van der Waals surface area (Å²) in [6.45, 7) is 4.43. The fourth-order valence-corrected chi connectivity index (χ4v) is 2.64. The molecule has 1 N–H and O–H groups in total. The highest BCUT2D eigenvalue weighted by atomic mass is 16.2. The largest absolute Gasteiger partial charge is 0.349 e. The van der Waals surface area contributed by atoms with Crippen molar-refractivity contribution in [2.45, 2.75) is 33.1 Å². The van der Waals surface area contributed by atoms with Crippen molar-refractivity contribution in [3.63, 3.8) is 0 Å². The molecule has 6 heteroatoms. The van der Waals surface area contributed by atoms with E-state index in [0.717, 1.165) is 30.7 Å². The second-order valence-corrected chi connectivity index (χ2v) is 5.88. The third-order valence-corrected chi connectivity index (χ3v) is 3.84. The first-order valence-electron chi connectivity index (χ1n) is 8.16. The zero-order chi connectivity index (χ0) is 16.9. The highest BCUT2D eigenvalue weighted by molar-refractivity contribution is 5.90. The molecule has 6 nitrogen and oxygen atoms in total. The fraction of sp³-hybridized carbons (Fsp3) is 0.333. The number of hydrogen-bond acceptors (Lipinski definition) is 4. The molecule has 3 aromatic rings. The van der Waals surface area contributed by atoms with Gasteiger partial charge in [0.2, 0.25) is 5.82 Å². The normalized spacial score (nSPS) is 10.9. The molecule has 0 saturated carbocycles. The van der Waals surface area contributed by atoms with Gasteiger partial charge in [0, 0.05) is 17.9 Å². The quantitative estimate of drug-likeness (QED) is 0.707. The third-order valence-electron chi connectivity index (χ3n) is 3.84. The summed E-state index contributed by atoms with van der Waals surface area (Å²) < 4.78 is 1.59. The number of benzene rings is 1. The van der Waals surface area contributed by atoms with Gasteiger partial charge < -0.3 is 5.32 Å². The number of amides is 1. The summed E-state index contributed by atoms with van der Waals surface area (Å²) >= 11 is 0. The molecule has 1 aromatic carbocycles. The first-order valence-corrected chi connectivity index (χ1v) is 8.16. The molecular weight excluding hydrogens is 302 g/mol. The van der Waals surface area contributed by atoms with E-state index in [2.05, 4.69) is 32.5 Å². The average Bonchev–Trinajstić information content (AvgIpc) is 3.00. The molecule has 0 saturated heterocycles. The second-order valence-electron chi connectivity index (χ2n) is 5.88. The van der Waals surface area contributed by atoms with E-state index in [0.29, 0.717) is 12.3 Å². The Labute approximate surface area is 141 Å². The van der Waals surface area contributed by atoms with Gasteiger partial charge in [-0.1, -0.05) is 30.3 Å². The maximum atomic E-state index is 12.2. The van der Waals surface area contributed by atoms with Gasteiger partial charge in [-0.15, -0.1) is 5.10 Å². The maximum Gasteiger partial charge on any atom is 0.291 e. The molecule has 0 fully saturated rings. The van der Waals surface area contributed by atoms with E-state index in [-0.39, 0.29) is 11.7 Å². The van der Waals surface area contributed by atoms with Crippen LogP contribution in [-0.2, 0) is 6.42 Å². The molecule has 0 atom stereocenters. The first-order chi connectivity index (χ1) is 11.6. The molecule has 0 aliphatic rings. The van der Waals surface area contributed by atoms with Gasteiger partial charge >= 0.3 is 0 Å². The molecule has 1 amide bonds. The number of carbonyl (C=O) groups excluding carboxylic acids is 1. The van der Waals surface area contributed by atoms with Crippen LogP contribution in [0.3, 0.4) is 0 Å². The summed E-state index contributed by atoms with van der Waals surface area (Å²) in [5.41, 5.74) is 3.09. The van der Waals surface area contributed by atoms with Crippen LogP contribution in [0.15, 0.2) is 36.4 Å². The van der Waals surface area contributed by atoms with Gasteiger partial charge in [-0.3, -0.25) is 4.79 Å². The predicted molar refractivity (Wildman–Crippen MR) is 92.0 cm³/mol. The number of aryl methyl sites for hydroxylation is 3. The summed E-state index contributed by atoms with van der Waals surface area (Å²) in [6, 6.07) is 12.3. The van der Waals surface area contributed by atoms with Crippen LogP contribution < -0.4 is 5.32 Å². The molecule has 0 spiro atoms. The van der Waals surface area contributed by atoms with Gasteiger partial charge in [-0.25, -0.2) is 9.50 Å². The van der Waals surface area contributed by atoms with Crippen molar-refractivity contribution in [1.82, 2.24) is 24.9 Å². The molecule has 24 heavy (non-hydrogen) atoms. The highest BCUT2D eigenvalue weighted by Crippen LogP contribution is 2.06. The van der Waals surface area contributed by atoms with E-state index in [4.69, 9.17) is 0 Å². The number of carbonyl (C=O) groups is 1. The van der Waals surface area contributed by atoms with E-state index in [1.54, 1.807) is 4.52 Å². The minimum absolute atomic E-state index is 0.166. The molecule has 0 radical (unpaired) electrons. The topological polar surface area (TPSA) is 72.2 Å². The molecule has 0 unspecified atom stereocenters. The van der Waals surface area contributed by atoms with Crippen LogP contribution in [0, 0.1) is 13.8 Å². The number of rotatable bonds is 6. The molecule has 0 aliphatic carbocycles. The van der Waals surface area contributed by atoms with E-state index < -0.39 is 0 Å². The van der Waals surface area contributed by atoms with Gasteiger partial charge in [0.15, 0.2) is 0 Å². The zero-order valence-electron chi connectivity index (χ0n) is 14.0. The SMILES string of the molecule is Cc1cc(C)n2nc(C(=O)NCCCCc3ccccc3)nc2n1. The van der Waals surface area contributed by atoms with Gasteiger partial charge in [0.1, 0.15) is 0 Å². The Kier molecular flexibility index (Phi) is 4.84. The monoisotopic (exact) mass is 323 g/mol. The first kappa shape index (κ1) is 16.1. The molecular formula is C18H21N5O. The van der Waals surface area contributed by atoms with Crippen molar-refractivity contribution < 1.29 is 4.79 Å². The second kappa shape index (κ2) is 7.21. The summed E-state index contributed by atoms with van der Waals surface area (Å²) in [6.07, 6.45) is 2.97. The number of nitrogens with one attached hydrogen (secondary N) is 1. The van der Waals surface area contributed by atoms with Crippen LogP contribution in [0.5, 0.6) is 0 Å². The van der Waals surface area contributed by atoms with Crippen molar-refractivity contribution in [3.05, 3.63) is 59.2 Å². The Morgan fingerprint density at radius 1 is 1.12 bits per heavy atom. The summed E-state index contributed by atoms with van der Waals surface area (Å²) in [5, 5.41) is 7.11. The van der Waals surface area contributed by atoms with Crippen molar-refractivity contribution in [2.75, 3.05) is 6.54 Å². The molecule has 0 aliphatic heterocycles. The maximum absolute atomic E-state index is 12.2. The standard InChI is InChI=1S/C18H21N5O/c1-13-12-14(2)23-18(20-13)21-16(22-23)17(24)19-11-7-6-10-15-8-4-3-5-9-15/h3-5,8-9,12H,6-7,10-11H2,1-2H3,(H,19,24). The van der Waals surface area contributed by atoms with E-state index >= 15 is 0 Å². The summed E-state index contributed by atoms with van der Waals surface area (Å²) in [5.74, 6) is 0.373. The van der Waals surface area contributed by atoms with Crippen molar-refractivity contribution in [2.24, 2.45) is 0 Å². The van der Waals surface area contributed by atoms with Crippen LogP contribution in [-0.4, -0.2) is 32.0 Å². The van der Waals surface area contributed by atoms with Crippen molar-refractivity contribution in [1.29, 1.82) is 0 Å². The Bertz CT molecular complexity index is 841. The predicted octanol–water partition coefficient (Wildman–Crippen LogP) is 2.49. The average molecular weight is 323 g/mol. The minimum Gasteiger partial charge on any atom is -0.349 e. The van der Waals surface area contributed by atoms with E-state index in [1.165, 1.54) is 5.56 Å². The molecule has 0 bridgehead atoms. The smallest absolute Gasteiger partial charge is 0.291 e. The van der Waals surface area contributed by atoms with Crippen LogP contribution >= 0.6 is 0 Å². The van der Waals surface area contributed by atoms with Gasteiger partial charge in [0.05, 0.1) is 0 Å². The lowest BCUT2D eigenvalue weighted by Gasteiger charge is -2.03. The number of hydrogen-bond donors (Lipinski definition) is 1. The van der Waals surface area contributed by atoms with Gasteiger partial charge in [0.25, 0.3) is 11.7 Å². The Morgan fingerprint density at radius 3 is 2.71 bits per heavy atom. The fourth-order valence-electron chi connectivity index (χ4n) is 2.64. The Morgan fingerprint density at radius 2 is 1.92 bits per heavy atom. The third kappa shape index (κ3) is 3.76. The molecule has 3 rings (SSSR count). The lowest BCUT2D eigenvalue weighted by atomic mass is 10.1. The summed E-state index contributed by atoms with van der Waals surface area (Å²) in [4.78, 5) is 20.7. The lowest BCUT2D eigenvalue weighted by molar-refractivity contribution is 0.0943. The van der Waals surface area contributed by atoms with E-state index in [9.17, 15) is 4.79 Å². The summed E-state index contributed by atoms with van der Waals surface area (Å²) in [7, 11) is 0. The van der Waals surface area contributed by atoms with Crippen molar-refractivity contribution in [3.8, 4) is 0 Å². The molecule has 2 aromatic heterocycles. The molecule has 124 valence electrons.